The van der Waals surface area contributed by atoms with Crippen molar-refractivity contribution in [1.82, 2.24) is 0 Å². The standard InChI is InChI=1S/C20H26N6O2.2ClH/c1-19(2,17(27)23-15-9-5-13(21)6-10-15)25-26-20(3,4)18(28)24-16-11-7-14(22)8-12-16;;/h5-12H,21-22H2,1-4H3,(H,23,27)(H,24,28);2*1H/b26-25+;;. The summed E-state index contributed by atoms with van der Waals surface area (Å²) in [6, 6.07) is 13.6. The second kappa shape index (κ2) is 10.8. The lowest BCUT2D eigenvalue weighted by Crippen LogP contribution is -2.38. The number of nitrogens with zero attached hydrogens (tertiary/aromatic N) is 2. The topological polar surface area (TPSA) is 135 Å². The Labute approximate surface area is 188 Å². The lowest BCUT2D eigenvalue weighted by Gasteiger charge is -2.22. The summed E-state index contributed by atoms with van der Waals surface area (Å²) in [7, 11) is 0. The van der Waals surface area contributed by atoms with E-state index in [0.717, 1.165) is 0 Å². The first-order valence-corrected chi connectivity index (χ1v) is 8.78. The third kappa shape index (κ3) is 7.53. The Morgan fingerprint density at radius 2 is 0.933 bits per heavy atom. The highest BCUT2D eigenvalue weighted by molar-refractivity contribution is 5.98. The van der Waals surface area contributed by atoms with Crippen molar-refractivity contribution in [3.8, 4) is 0 Å². The highest BCUT2D eigenvalue weighted by Gasteiger charge is 2.32. The minimum Gasteiger partial charge on any atom is -0.399 e. The molecule has 0 heterocycles. The van der Waals surface area contributed by atoms with Gasteiger partial charge in [0.2, 0.25) is 0 Å². The third-order valence-electron chi connectivity index (χ3n) is 4.00. The molecule has 30 heavy (non-hydrogen) atoms. The number of nitrogens with two attached hydrogens (primary N) is 2. The van der Waals surface area contributed by atoms with Crippen LogP contribution in [0.25, 0.3) is 0 Å². The molecule has 0 radical (unpaired) electrons. The van der Waals surface area contributed by atoms with Crippen molar-refractivity contribution >= 4 is 59.4 Å². The Balaban J connectivity index is 0.00000420. The maximum absolute atomic E-state index is 12.5. The summed E-state index contributed by atoms with van der Waals surface area (Å²) in [5.41, 5.74) is 11.4. The molecule has 2 rings (SSSR count). The van der Waals surface area contributed by atoms with Crippen LogP contribution in [0.15, 0.2) is 58.8 Å². The minimum absolute atomic E-state index is 0. The van der Waals surface area contributed by atoms with Crippen molar-refractivity contribution in [3.63, 3.8) is 0 Å². The van der Waals surface area contributed by atoms with Crippen molar-refractivity contribution in [2.75, 3.05) is 22.1 Å². The van der Waals surface area contributed by atoms with E-state index < -0.39 is 11.1 Å². The average Bonchev–Trinajstić information content (AvgIpc) is 2.64. The van der Waals surface area contributed by atoms with Gasteiger partial charge in [-0.1, -0.05) is 0 Å². The van der Waals surface area contributed by atoms with E-state index in [1.54, 1.807) is 76.2 Å². The first-order valence-electron chi connectivity index (χ1n) is 8.78. The minimum atomic E-state index is -1.17. The van der Waals surface area contributed by atoms with Crippen LogP contribution in [-0.2, 0) is 9.59 Å². The maximum atomic E-state index is 12.5. The Morgan fingerprint density at radius 1 is 0.667 bits per heavy atom. The molecule has 2 aromatic carbocycles. The van der Waals surface area contributed by atoms with Crippen molar-refractivity contribution in [3.05, 3.63) is 48.5 Å². The Bertz CT molecular complexity index is 808. The van der Waals surface area contributed by atoms with Gasteiger partial charge in [0.15, 0.2) is 11.1 Å². The monoisotopic (exact) mass is 454 g/mol. The predicted octanol–water partition coefficient (Wildman–Crippen LogP) is 4.28. The zero-order chi connectivity index (χ0) is 20.9. The molecular weight excluding hydrogens is 427 g/mol. The molecule has 0 atom stereocenters. The number of hydrogen-bond acceptors (Lipinski definition) is 6. The highest BCUT2D eigenvalue weighted by Crippen LogP contribution is 2.21. The predicted molar refractivity (Wildman–Crippen MR) is 126 cm³/mol. The SMILES string of the molecule is CC(C)(/N=N/C(C)(C)C(=O)Nc1ccc(N)cc1)C(=O)Nc1ccc(N)cc1.Cl.Cl. The molecule has 0 unspecified atom stereocenters. The number of amides is 2. The van der Waals surface area contributed by atoms with Crippen molar-refractivity contribution in [2.24, 2.45) is 10.2 Å². The van der Waals surface area contributed by atoms with Crippen LogP contribution in [0.5, 0.6) is 0 Å². The van der Waals surface area contributed by atoms with Gasteiger partial charge in [0.1, 0.15) is 0 Å². The molecule has 2 aromatic rings. The van der Waals surface area contributed by atoms with Gasteiger partial charge in [0.05, 0.1) is 0 Å². The van der Waals surface area contributed by atoms with E-state index >= 15 is 0 Å². The summed E-state index contributed by atoms with van der Waals surface area (Å²) in [4.78, 5) is 25.0. The van der Waals surface area contributed by atoms with Crippen LogP contribution in [-0.4, -0.2) is 22.9 Å². The first-order chi connectivity index (χ1) is 13.0. The van der Waals surface area contributed by atoms with Gasteiger partial charge in [-0.2, -0.15) is 10.2 Å². The lowest BCUT2D eigenvalue weighted by atomic mass is 10.0. The summed E-state index contributed by atoms with van der Waals surface area (Å²) in [5.74, 6) is -0.702. The van der Waals surface area contributed by atoms with Crippen LogP contribution in [0.4, 0.5) is 22.7 Å². The summed E-state index contributed by atoms with van der Waals surface area (Å²) >= 11 is 0. The van der Waals surface area contributed by atoms with E-state index in [4.69, 9.17) is 11.5 Å². The molecule has 0 fully saturated rings. The van der Waals surface area contributed by atoms with Gasteiger partial charge in [0, 0.05) is 22.7 Å². The number of anilines is 4. The van der Waals surface area contributed by atoms with Gasteiger partial charge < -0.3 is 22.1 Å². The molecular formula is C20H28Cl2N6O2. The number of hydrogen-bond donors (Lipinski definition) is 4. The van der Waals surface area contributed by atoms with Gasteiger partial charge in [-0.05, 0) is 76.2 Å². The van der Waals surface area contributed by atoms with Crippen molar-refractivity contribution < 1.29 is 9.59 Å². The molecule has 0 aliphatic carbocycles. The van der Waals surface area contributed by atoms with Crippen LogP contribution in [0.3, 0.4) is 0 Å². The molecule has 0 aliphatic rings. The van der Waals surface area contributed by atoms with Crippen LogP contribution in [0, 0.1) is 0 Å². The van der Waals surface area contributed by atoms with Gasteiger partial charge in [-0.25, -0.2) is 0 Å². The molecule has 10 heteroatoms. The molecule has 0 saturated heterocycles. The summed E-state index contributed by atoms with van der Waals surface area (Å²) in [5, 5.41) is 13.8. The zero-order valence-electron chi connectivity index (χ0n) is 17.3. The van der Waals surface area contributed by atoms with Gasteiger partial charge >= 0.3 is 0 Å². The van der Waals surface area contributed by atoms with E-state index in [1.807, 2.05) is 0 Å². The zero-order valence-corrected chi connectivity index (χ0v) is 18.9. The fourth-order valence-corrected chi connectivity index (χ4v) is 2.04. The van der Waals surface area contributed by atoms with E-state index in [-0.39, 0.29) is 36.6 Å². The normalized spacial score (nSPS) is 11.2. The van der Waals surface area contributed by atoms with E-state index in [9.17, 15) is 9.59 Å². The molecule has 0 aromatic heterocycles. The number of nitrogen functional groups attached to an aromatic ring is 2. The number of azo groups is 1. The van der Waals surface area contributed by atoms with E-state index in [0.29, 0.717) is 22.7 Å². The van der Waals surface area contributed by atoms with Gasteiger partial charge in [-0.3, -0.25) is 9.59 Å². The van der Waals surface area contributed by atoms with Crippen LogP contribution >= 0.6 is 24.8 Å². The Kier molecular flexibility index (Phi) is 9.78. The fraction of sp³-hybridized carbons (Fsp3) is 0.300. The summed E-state index contributed by atoms with van der Waals surface area (Å²) in [6.07, 6.45) is 0. The quantitative estimate of drug-likeness (QED) is 0.382. The lowest BCUT2D eigenvalue weighted by molar-refractivity contribution is -0.122. The van der Waals surface area contributed by atoms with Gasteiger partial charge in [0.25, 0.3) is 11.8 Å². The molecule has 0 bridgehead atoms. The van der Waals surface area contributed by atoms with Crippen LogP contribution in [0.1, 0.15) is 27.7 Å². The maximum Gasteiger partial charge on any atom is 0.253 e. The summed E-state index contributed by atoms with van der Waals surface area (Å²) in [6.45, 7) is 6.49. The Morgan fingerprint density at radius 3 is 1.20 bits per heavy atom. The number of carbonyl (C=O) groups excluding carboxylic acids is 2. The Hall–Kier alpha value is -2.84. The molecule has 0 saturated carbocycles. The third-order valence-corrected chi connectivity index (χ3v) is 4.00. The number of benzene rings is 2. The second-order valence-corrected chi connectivity index (χ2v) is 7.47. The van der Waals surface area contributed by atoms with Crippen LogP contribution < -0.4 is 22.1 Å². The van der Waals surface area contributed by atoms with E-state index in [1.165, 1.54) is 0 Å². The first kappa shape index (κ1) is 27.2. The molecule has 0 aliphatic heterocycles. The molecule has 8 nitrogen and oxygen atoms in total. The number of nitrogens with one attached hydrogen (secondary N) is 2. The van der Waals surface area contributed by atoms with Crippen molar-refractivity contribution in [1.29, 1.82) is 0 Å². The molecule has 164 valence electrons. The smallest absolute Gasteiger partial charge is 0.253 e. The largest absolute Gasteiger partial charge is 0.399 e. The second-order valence-electron chi connectivity index (χ2n) is 7.47. The molecule has 0 spiro atoms. The number of halogens is 2. The average molecular weight is 455 g/mol. The number of carbonyl (C=O) groups is 2. The molecule has 2 amide bonds. The molecule has 6 N–H and O–H groups in total. The van der Waals surface area contributed by atoms with Crippen LogP contribution in [0.2, 0.25) is 0 Å². The summed E-state index contributed by atoms with van der Waals surface area (Å²) < 4.78 is 0. The van der Waals surface area contributed by atoms with Gasteiger partial charge in [-0.15, -0.1) is 24.8 Å². The highest BCUT2D eigenvalue weighted by atomic mass is 35.5. The van der Waals surface area contributed by atoms with Crippen molar-refractivity contribution in [2.45, 2.75) is 38.8 Å². The van der Waals surface area contributed by atoms with E-state index in [2.05, 4.69) is 20.9 Å². The fourth-order valence-electron chi connectivity index (χ4n) is 2.04. The number of rotatable bonds is 6.